The predicted molar refractivity (Wildman–Crippen MR) is 129 cm³/mol. The van der Waals surface area contributed by atoms with E-state index in [2.05, 4.69) is 11.6 Å². The lowest BCUT2D eigenvalue weighted by molar-refractivity contribution is 0.395. The molecule has 0 fully saturated rings. The van der Waals surface area contributed by atoms with Crippen LogP contribution in [0.4, 0.5) is 0 Å². The van der Waals surface area contributed by atoms with Crippen LogP contribution < -0.4 is 23.7 Å². The fourth-order valence-electron chi connectivity index (χ4n) is 2.98. The molecule has 0 aliphatic rings. The highest BCUT2D eigenvalue weighted by Crippen LogP contribution is 2.33. The van der Waals surface area contributed by atoms with E-state index in [-0.39, 0.29) is 0 Å². The summed E-state index contributed by atoms with van der Waals surface area (Å²) < 4.78 is 23.6. The number of methoxy groups -OCH3 is 4. The SMILES string of the molecule is C=C(C)CN=c1scc(-c2ccc(OC)cc2OC)n1N=Cc1cc(OC)ccc1OC. The number of aromatic nitrogens is 1. The molecule has 0 unspecified atom stereocenters. The third-order valence-corrected chi connectivity index (χ3v) is 5.46. The molecule has 7 nitrogen and oxygen atoms in total. The first-order valence-electron chi connectivity index (χ1n) is 9.85. The van der Waals surface area contributed by atoms with Crippen LogP contribution in [0.1, 0.15) is 12.5 Å². The Morgan fingerprint density at radius 3 is 2.31 bits per heavy atom. The van der Waals surface area contributed by atoms with Gasteiger partial charge in [-0.1, -0.05) is 12.2 Å². The largest absolute Gasteiger partial charge is 0.497 e. The average molecular weight is 454 g/mol. The standard InChI is InChI=1S/C24H27N3O4S/c1-16(2)13-25-24-27(26-14-17-11-18(28-3)8-10-22(17)30-5)21(15-32-24)20-9-7-19(29-4)12-23(20)31-6/h7-12,14-15H,1,13H2,2-6H3. The molecule has 1 aromatic heterocycles. The van der Waals surface area contributed by atoms with E-state index < -0.39 is 0 Å². The van der Waals surface area contributed by atoms with Gasteiger partial charge in [0.05, 0.1) is 46.9 Å². The van der Waals surface area contributed by atoms with E-state index in [1.807, 2.05) is 48.7 Å². The number of nitrogens with zero attached hydrogens (tertiary/aromatic N) is 3. The number of thiazole rings is 1. The van der Waals surface area contributed by atoms with Crippen molar-refractivity contribution in [2.45, 2.75) is 6.92 Å². The average Bonchev–Trinajstić information content (AvgIpc) is 3.22. The maximum Gasteiger partial charge on any atom is 0.206 e. The minimum Gasteiger partial charge on any atom is -0.497 e. The summed E-state index contributed by atoms with van der Waals surface area (Å²) in [5.41, 5.74) is 3.46. The fraction of sp³-hybridized carbons (Fsp3) is 0.250. The minimum atomic E-state index is 0.512. The summed E-state index contributed by atoms with van der Waals surface area (Å²) in [4.78, 5) is 5.41. The Morgan fingerprint density at radius 1 is 0.969 bits per heavy atom. The Labute approximate surface area is 191 Å². The molecule has 0 aliphatic heterocycles. The highest BCUT2D eigenvalue weighted by molar-refractivity contribution is 7.07. The summed E-state index contributed by atoms with van der Waals surface area (Å²) in [5.74, 6) is 2.79. The van der Waals surface area contributed by atoms with Gasteiger partial charge in [-0.25, -0.2) is 4.68 Å². The Balaban J connectivity index is 2.16. The number of benzene rings is 2. The summed E-state index contributed by atoms with van der Waals surface area (Å²) in [6.45, 7) is 6.40. The highest BCUT2D eigenvalue weighted by atomic mass is 32.1. The molecule has 3 rings (SSSR count). The first-order chi connectivity index (χ1) is 15.5. The third-order valence-electron chi connectivity index (χ3n) is 4.60. The number of hydrogen-bond acceptors (Lipinski definition) is 7. The Kier molecular flexibility index (Phi) is 7.72. The topological polar surface area (TPSA) is 66.6 Å². The lowest BCUT2D eigenvalue weighted by Gasteiger charge is -2.11. The summed E-state index contributed by atoms with van der Waals surface area (Å²) >= 11 is 1.49. The molecular weight excluding hydrogens is 426 g/mol. The number of rotatable bonds is 9. The van der Waals surface area contributed by atoms with Gasteiger partial charge in [0.15, 0.2) is 0 Å². The van der Waals surface area contributed by atoms with Crippen molar-refractivity contribution >= 4 is 17.6 Å². The minimum absolute atomic E-state index is 0.512. The van der Waals surface area contributed by atoms with E-state index in [1.165, 1.54) is 11.3 Å². The van der Waals surface area contributed by atoms with Gasteiger partial charge in [-0.05, 0) is 37.3 Å². The second kappa shape index (κ2) is 10.7. The zero-order valence-corrected chi connectivity index (χ0v) is 19.7. The van der Waals surface area contributed by atoms with E-state index in [1.54, 1.807) is 39.3 Å². The van der Waals surface area contributed by atoms with E-state index >= 15 is 0 Å². The first-order valence-corrected chi connectivity index (χ1v) is 10.7. The first kappa shape index (κ1) is 23.1. The Morgan fingerprint density at radius 2 is 1.66 bits per heavy atom. The Hall–Kier alpha value is -3.52. The quantitative estimate of drug-likeness (QED) is 0.351. The molecule has 168 valence electrons. The van der Waals surface area contributed by atoms with Gasteiger partial charge in [0.1, 0.15) is 23.0 Å². The molecule has 0 aliphatic carbocycles. The maximum absolute atomic E-state index is 5.61. The summed E-state index contributed by atoms with van der Waals surface area (Å²) in [6, 6.07) is 11.2. The molecule has 0 amide bonds. The Bertz CT molecular complexity index is 1190. The van der Waals surface area contributed by atoms with E-state index in [9.17, 15) is 0 Å². The van der Waals surface area contributed by atoms with Gasteiger partial charge < -0.3 is 18.9 Å². The van der Waals surface area contributed by atoms with E-state index in [0.717, 1.165) is 27.2 Å². The van der Waals surface area contributed by atoms with Gasteiger partial charge >= 0.3 is 0 Å². The summed E-state index contributed by atoms with van der Waals surface area (Å²) in [7, 11) is 6.50. The van der Waals surface area contributed by atoms with Crippen molar-refractivity contribution < 1.29 is 18.9 Å². The van der Waals surface area contributed by atoms with Crippen LogP contribution in [0.2, 0.25) is 0 Å². The molecule has 0 saturated carbocycles. The molecule has 0 spiro atoms. The van der Waals surface area contributed by atoms with Crippen molar-refractivity contribution in [1.29, 1.82) is 0 Å². The van der Waals surface area contributed by atoms with Gasteiger partial charge in [-0.3, -0.25) is 4.99 Å². The van der Waals surface area contributed by atoms with E-state index in [0.29, 0.717) is 29.5 Å². The van der Waals surface area contributed by atoms with Crippen LogP contribution in [0, 0.1) is 0 Å². The second-order valence-electron chi connectivity index (χ2n) is 6.91. The molecule has 32 heavy (non-hydrogen) atoms. The lowest BCUT2D eigenvalue weighted by atomic mass is 10.1. The third kappa shape index (κ3) is 5.20. The van der Waals surface area contributed by atoms with Crippen molar-refractivity contribution in [2.24, 2.45) is 10.1 Å². The molecule has 0 bridgehead atoms. The second-order valence-corrected chi connectivity index (χ2v) is 7.74. The van der Waals surface area contributed by atoms with E-state index in [4.69, 9.17) is 24.0 Å². The molecular formula is C24H27N3O4S. The van der Waals surface area contributed by atoms with Crippen molar-refractivity contribution in [2.75, 3.05) is 35.0 Å². The van der Waals surface area contributed by atoms with Gasteiger partial charge in [0.25, 0.3) is 0 Å². The highest BCUT2D eigenvalue weighted by Gasteiger charge is 2.14. The van der Waals surface area contributed by atoms with Crippen molar-refractivity contribution in [1.82, 2.24) is 4.68 Å². The van der Waals surface area contributed by atoms with Crippen LogP contribution in [0.15, 0.2) is 64.0 Å². The smallest absolute Gasteiger partial charge is 0.206 e. The summed E-state index contributed by atoms with van der Waals surface area (Å²) in [5, 5.41) is 6.75. The molecule has 0 atom stereocenters. The maximum atomic E-state index is 5.61. The molecule has 0 saturated heterocycles. The van der Waals surface area contributed by atoms with Gasteiger partial charge in [-0.15, -0.1) is 11.3 Å². The zero-order chi connectivity index (χ0) is 23.1. The van der Waals surface area contributed by atoms with Crippen LogP contribution in [-0.2, 0) is 0 Å². The molecule has 1 heterocycles. The number of hydrogen-bond donors (Lipinski definition) is 0. The van der Waals surface area contributed by atoms with Crippen molar-refractivity contribution in [3.05, 3.63) is 64.3 Å². The molecule has 8 heteroatoms. The lowest BCUT2D eigenvalue weighted by Crippen LogP contribution is -2.13. The summed E-state index contributed by atoms with van der Waals surface area (Å²) in [6.07, 6.45) is 1.73. The molecule has 2 aromatic carbocycles. The van der Waals surface area contributed by atoms with Crippen LogP contribution in [0.25, 0.3) is 11.3 Å². The van der Waals surface area contributed by atoms with Crippen molar-refractivity contribution in [3.8, 4) is 34.3 Å². The number of ether oxygens (including phenoxy) is 4. The van der Waals surface area contributed by atoms with Crippen molar-refractivity contribution in [3.63, 3.8) is 0 Å². The van der Waals surface area contributed by atoms with Crippen LogP contribution in [-0.4, -0.2) is 45.9 Å². The zero-order valence-electron chi connectivity index (χ0n) is 18.9. The van der Waals surface area contributed by atoms with Crippen LogP contribution in [0.3, 0.4) is 0 Å². The van der Waals surface area contributed by atoms with Gasteiger partial charge in [0.2, 0.25) is 4.80 Å². The van der Waals surface area contributed by atoms with Crippen LogP contribution >= 0.6 is 11.3 Å². The van der Waals surface area contributed by atoms with Gasteiger partial charge in [0, 0.05) is 22.6 Å². The molecule has 0 N–H and O–H groups in total. The van der Waals surface area contributed by atoms with Gasteiger partial charge in [-0.2, -0.15) is 5.10 Å². The molecule has 3 aromatic rings. The molecule has 0 radical (unpaired) electrons. The fourth-order valence-corrected chi connectivity index (χ4v) is 3.81. The van der Waals surface area contributed by atoms with Crippen LogP contribution in [0.5, 0.6) is 23.0 Å². The predicted octanol–water partition coefficient (Wildman–Crippen LogP) is 4.61. The monoisotopic (exact) mass is 453 g/mol. The normalized spacial score (nSPS) is 11.6.